The van der Waals surface area contributed by atoms with E-state index >= 15 is 0 Å². The van der Waals surface area contributed by atoms with Crippen LogP contribution < -0.4 is 21.9 Å². The lowest BCUT2D eigenvalue weighted by Crippen LogP contribution is -2.74. The Kier molecular flexibility index (Phi) is 29.8. The predicted octanol–water partition coefficient (Wildman–Crippen LogP) is 20.0. The minimum atomic E-state index is -4.09. The number of benzene rings is 4. The molecule has 0 N–H and O–H groups in total. The van der Waals surface area contributed by atoms with E-state index in [2.05, 4.69) is 97.1 Å². The molecule has 0 fully saturated rings. The summed E-state index contributed by atoms with van der Waals surface area (Å²) in [5, 5.41) is 0. The van der Waals surface area contributed by atoms with Gasteiger partial charge in [-0.25, -0.2) is 0 Å². The van der Waals surface area contributed by atoms with Gasteiger partial charge in [-0.15, -0.1) is 0 Å². The van der Waals surface area contributed by atoms with Gasteiger partial charge >= 0.3 is 24.7 Å². The van der Waals surface area contributed by atoms with Crippen molar-refractivity contribution >= 4 is 28.0 Å². The fourth-order valence-electron chi connectivity index (χ4n) is 11.2. The zero-order valence-corrected chi connectivity index (χ0v) is 45.8. The van der Waals surface area contributed by atoms with Crippen LogP contribution in [0.5, 0.6) is 0 Å². The molecule has 0 atom stereocenters. The van der Waals surface area contributed by atoms with Crippen molar-refractivity contribution in [2.24, 2.45) is 0 Å². The molecular formula is C64H88BF12-. The van der Waals surface area contributed by atoms with Crippen molar-refractivity contribution in [3.05, 3.63) is 119 Å². The topological polar surface area (TPSA) is 0 Å². The van der Waals surface area contributed by atoms with Gasteiger partial charge in [0, 0.05) is 25.7 Å². The van der Waals surface area contributed by atoms with Crippen LogP contribution in [-0.2, 0) is 25.7 Å². The van der Waals surface area contributed by atoms with Crippen LogP contribution in [0.3, 0.4) is 0 Å². The van der Waals surface area contributed by atoms with Gasteiger partial charge in [-0.2, -0.15) is 74.5 Å². The lowest BCUT2D eigenvalue weighted by atomic mass is 9.13. The van der Waals surface area contributed by atoms with E-state index in [9.17, 15) is 52.7 Å². The molecule has 13 heteroatoms. The van der Waals surface area contributed by atoms with E-state index in [1.165, 1.54) is 44.1 Å². The van der Waals surface area contributed by atoms with E-state index in [1.54, 1.807) is 0 Å². The van der Waals surface area contributed by atoms with Gasteiger partial charge in [0.25, 0.3) is 0 Å². The summed E-state index contributed by atoms with van der Waals surface area (Å²) in [6, 6.07) is 36.1. The third kappa shape index (κ3) is 28.2. The lowest BCUT2D eigenvalue weighted by Gasteiger charge is -2.44. The number of alkyl halides is 12. The Balaban J connectivity index is 1.54. The molecule has 0 unspecified atom stereocenters. The first-order chi connectivity index (χ1) is 36.7. The summed E-state index contributed by atoms with van der Waals surface area (Å²) < 4.78 is 151. The zero-order chi connectivity index (χ0) is 55.9. The highest BCUT2D eigenvalue weighted by atomic mass is 19.4. The number of halogens is 12. The van der Waals surface area contributed by atoms with Gasteiger partial charge in [0.05, 0.1) is 0 Å². The molecule has 0 spiro atoms. The fourth-order valence-corrected chi connectivity index (χ4v) is 11.2. The largest absolute Gasteiger partial charge is 0.389 e. The van der Waals surface area contributed by atoms with Gasteiger partial charge in [0.1, 0.15) is 6.15 Å². The minimum absolute atomic E-state index is 0.188. The molecule has 432 valence electrons. The average Bonchev–Trinajstić information content (AvgIpc) is 3.42. The van der Waals surface area contributed by atoms with Gasteiger partial charge in [0.2, 0.25) is 0 Å². The molecule has 0 aliphatic carbocycles. The standard InChI is InChI=1S/C64H88BF12/c66-61(67,68)49-25-17-9-1-5-13-21-29-53-33-41-57(42-34-53)65(58-43-35-54(36-44-58)30-22-14-6-2-10-18-26-50-62(69,70)71,59-45-37-55(38-46-59)31-23-15-7-3-11-19-27-51-63(72,73)74)60-47-39-56(40-48-60)32-24-16-8-4-12-20-28-52-64(75,76)77/h33-48H,1-32,49-52H2/q-1. The molecule has 0 aliphatic rings. The van der Waals surface area contributed by atoms with Gasteiger partial charge in [0.15, 0.2) is 0 Å². The first-order valence-corrected chi connectivity index (χ1v) is 29.5. The molecule has 0 heterocycles. The predicted molar refractivity (Wildman–Crippen MR) is 297 cm³/mol. The van der Waals surface area contributed by atoms with Crippen LogP contribution in [-0.4, -0.2) is 30.9 Å². The Hall–Kier alpha value is -3.90. The van der Waals surface area contributed by atoms with E-state index in [4.69, 9.17) is 0 Å². The summed E-state index contributed by atoms with van der Waals surface area (Å²) in [7, 11) is 0. The van der Waals surface area contributed by atoms with Crippen LogP contribution in [0.25, 0.3) is 0 Å². The maximum Gasteiger partial charge on any atom is 0.389 e. The van der Waals surface area contributed by atoms with E-state index in [0.29, 0.717) is 25.7 Å². The lowest BCUT2D eigenvalue weighted by molar-refractivity contribution is -0.136. The number of hydrogen-bond donors (Lipinski definition) is 0. The smallest absolute Gasteiger partial charge is 0.195 e. The fraction of sp³-hybridized carbons (Fsp3) is 0.625. The molecule has 0 radical (unpaired) electrons. The maximum absolute atomic E-state index is 12.6. The second kappa shape index (κ2) is 35.0. The summed E-state index contributed by atoms with van der Waals surface area (Å²) >= 11 is 0. The first kappa shape index (κ1) is 65.6. The van der Waals surface area contributed by atoms with Crippen LogP contribution >= 0.6 is 0 Å². The van der Waals surface area contributed by atoms with E-state index < -0.39 is 56.5 Å². The van der Waals surface area contributed by atoms with Gasteiger partial charge in [-0.1, -0.05) is 225 Å². The van der Waals surface area contributed by atoms with Crippen molar-refractivity contribution in [2.75, 3.05) is 0 Å². The molecule has 4 aromatic rings. The van der Waals surface area contributed by atoms with Crippen molar-refractivity contribution in [1.82, 2.24) is 0 Å². The molecule has 4 rings (SSSR count). The third-order valence-electron chi connectivity index (χ3n) is 15.6. The highest BCUT2D eigenvalue weighted by Gasteiger charge is 2.33. The van der Waals surface area contributed by atoms with Crippen LogP contribution in [0.2, 0.25) is 0 Å². The molecule has 0 aromatic heterocycles. The number of hydrogen-bond acceptors (Lipinski definition) is 0. The quantitative estimate of drug-likeness (QED) is 0.0237. The summed E-state index contributed by atoms with van der Waals surface area (Å²) in [6.07, 6.45) is 4.84. The summed E-state index contributed by atoms with van der Waals surface area (Å²) in [5.74, 6) is 0. The van der Waals surface area contributed by atoms with Crippen molar-refractivity contribution in [3.8, 4) is 0 Å². The van der Waals surface area contributed by atoms with Crippen molar-refractivity contribution in [3.63, 3.8) is 0 Å². The summed E-state index contributed by atoms with van der Waals surface area (Å²) in [4.78, 5) is 0. The third-order valence-corrected chi connectivity index (χ3v) is 15.6. The van der Waals surface area contributed by atoms with Crippen molar-refractivity contribution < 1.29 is 52.7 Å². The highest BCUT2D eigenvalue weighted by Crippen LogP contribution is 2.27. The second-order valence-corrected chi connectivity index (χ2v) is 22.2. The average molecular weight is 1100 g/mol. The SMILES string of the molecule is FC(F)(F)CCCCCCCCCc1ccc([B-](c2ccc(CCCCCCCCCC(F)(F)F)cc2)(c2ccc(CCCCCCCCCC(F)(F)F)cc2)c2ccc(CCCCCCCCCC(F)(F)F)cc2)cc1. The molecule has 77 heavy (non-hydrogen) atoms. The molecule has 0 saturated heterocycles. The number of unbranched alkanes of at least 4 members (excludes halogenated alkanes) is 24. The highest BCUT2D eigenvalue weighted by molar-refractivity contribution is 7.19. The van der Waals surface area contributed by atoms with Crippen LogP contribution in [0.15, 0.2) is 97.1 Å². The number of aryl methyl sites for hydroxylation is 4. The van der Waals surface area contributed by atoms with Crippen LogP contribution in [0.4, 0.5) is 52.7 Å². The van der Waals surface area contributed by atoms with E-state index in [-0.39, 0.29) is 25.7 Å². The molecular weight excluding hydrogens is 1010 g/mol. The monoisotopic (exact) mass is 1100 g/mol. The Morgan fingerprint density at radius 2 is 0.338 bits per heavy atom. The normalized spacial score (nSPS) is 12.7. The van der Waals surface area contributed by atoms with Crippen LogP contribution in [0, 0.1) is 0 Å². The summed E-state index contributed by atoms with van der Waals surface area (Å²) in [5.41, 5.74) is 9.65. The molecule has 0 amide bonds. The first-order valence-electron chi connectivity index (χ1n) is 29.5. The second-order valence-electron chi connectivity index (χ2n) is 22.2. The van der Waals surface area contributed by atoms with Gasteiger partial charge in [-0.05, 0) is 99.3 Å². The molecule has 0 nitrogen and oxygen atoms in total. The van der Waals surface area contributed by atoms with Gasteiger partial charge < -0.3 is 0 Å². The van der Waals surface area contributed by atoms with Gasteiger partial charge in [-0.3, -0.25) is 0 Å². The summed E-state index contributed by atoms with van der Waals surface area (Å²) in [6.45, 7) is 0. The van der Waals surface area contributed by atoms with Crippen LogP contribution in [0.1, 0.15) is 228 Å². The van der Waals surface area contributed by atoms with Crippen molar-refractivity contribution in [2.45, 2.75) is 256 Å². The molecule has 4 aromatic carbocycles. The Morgan fingerprint density at radius 3 is 0.494 bits per heavy atom. The van der Waals surface area contributed by atoms with E-state index in [1.807, 2.05) is 0 Å². The maximum atomic E-state index is 12.6. The Labute approximate surface area is 454 Å². The zero-order valence-electron chi connectivity index (χ0n) is 45.8. The van der Waals surface area contributed by atoms with E-state index in [0.717, 1.165) is 154 Å². The molecule has 0 aliphatic heterocycles. The Morgan fingerprint density at radius 1 is 0.195 bits per heavy atom. The minimum Gasteiger partial charge on any atom is -0.195 e. The number of rotatable bonds is 40. The molecule has 0 saturated carbocycles. The van der Waals surface area contributed by atoms with Crippen molar-refractivity contribution in [1.29, 1.82) is 0 Å². The Bertz CT molecular complexity index is 1800. The molecule has 0 bridgehead atoms.